The fourth-order valence-corrected chi connectivity index (χ4v) is 5.77. The van der Waals surface area contributed by atoms with Crippen molar-refractivity contribution in [2.75, 3.05) is 21.3 Å². The molecule has 0 amide bonds. The average Bonchev–Trinajstić information content (AvgIpc) is 3.21. The Bertz CT molecular complexity index is 1370. The predicted molar refractivity (Wildman–Crippen MR) is 137 cm³/mol. The number of para-hydroxylation sites is 1. The SMILES string of the molecule is COC(=O)/C=C/C1=CN(Cc2ccc(OC)cc2)[C@@H]2C[C@H]1c1c(c3ccccc3n1C)[C@@H]2C(=O)OC. The van der Waals surface area contributed by atoms with Gasteiger partial charge in [0.1, 0.15) is 11.7 Å². The second kappa shape index (κ2) is 9.57. The quantitative estimate of drug-likeness (QED) is 0.379. The molecule has 0 spiro atoms. The van der Waals surface area contributed by atoms with Crippen LogP contribution in [0.4, 0.5) is 0 Å². The fourth-order valence-electron chi connectivity index (χ4n) is 5.77. The molecule has 2 heterocycles. The topological polar surface area (TPSA) is 70.0 Å². The first kappa shape index (κ1) is 23.7. The minimum absolute atomic E-state index is 0.0244. The van der Waals surface area contributed by atoms with Crippen LogP contribution in [0.15, 0.2) is 72.5 Å². The van der Waals surface area contributed by atoms with E-state index in [0.29, 0.717) is 6.54 Å². The molecule has 2 bridgehead atoms. The fraction of sp³-hybridized carbons (Fsp3) is 0.310. The lowest BCUT2D eigenvalue weighted by Crippen LogP contribution is -2.46. The molecule has 2 aliphatic rings. The smallest absolute Gasteiger partial charge is 0.330 e. The Morgan fingerprint density at radius 1 is 1.03 bits per heavy atom. The third-order valence-electron chi connectivity index (χ3n) is 7.43. The molecule has 1 aliphatic heterocycles. The number of hydrogen-bond acceptors (Lipinski definition) is 6. The van der Waals surface area contributed by atoms with Gasteiger partial charge in [-0.2, -0.15) is 0 Å². The Morgan fingerprint density at radius 3 is 2.47 bits per heavy atom. The van der Waals surface area contributed by atoms with Gasteiger partial charge in [-0.05, 0) is 47.4 Å². The predicted octanol–water partition coefficient (Wildman–Crippen LogP) is 4.43. The lowest BCUT2D eigenvalue weighted by molar-refractivity contribution is -0.144. The summed E-state index contributed by atoms with van der Waals surface area (Å²) >= 11 is 0. The molecule has 186 valence electrons. The summed E-state index contributed by atoms with van der Waals surface area (Å²) in [6.07, 6.45) is 6.11. The van der Waals surface area contributed by atoms with Crippen molar-refractivity contribution >= 4 is 22.8 Å². The summed E-state index contributed by atoms with van der Waals surface area (Å²) in [6.45, 7) is 0.602. The van der Waals surface area contributed by atoms with Crippen molar-refractivity contribution in [3.63, 3.8) is 0 Å². The van der Waals surface area contributed by atoms with Gasteiger partial charge in [0.25, 0.3) is 0 Å². The van der Waals surface area contributed by atoms with Gasteiger partial charge in [0.15, 0.2) is 0 Å². The second-order valence-corrected chi connectivity index (χ2v) is 9.24. The molecule has 0 radical (unpaired) electrons. The van der Waals surface area contributed by atoms with Crippen molar-refractivity contribution in [3.05, 3.63) is 89.3 Å². The van der Waals surface area contributed by atoms with E-state index in [9.17, 15) is 9.59 Å². The van der Waals surface area contributed by atoms with Crippen molar-refractivity contribution in [2.45, 2.75) is 30.8 Å². The van der Waals surface area contributed by atoms with Crippen LogP contribution in [-0.2, 0) is 32.7 Å². The normalized spacial score (nSPS) is 20.7. The van der Waals surface area contributed by atoms with Gasteiger partial charge < -0.3 is 23.7 Å². The molecule has 7 heteroatoms. The molecule has 3 atom stereocenters. The van der Waals surface area contributed by atoms with Crippen LogP contribution >= 0.6 is 0 Å². The van der Waals surface area contributed by atoms with E-state index >= 15 is 0 Å². The number of carbonyl (C=O) groups excluding carboxylic acids is 2. The number of carbonyl (C=O) groups is 2. The summed E-state index contributed by atoms with van der Waals surface area (Å²) in [5, 5.41) is 1.06. The van der Waals surface area contributed by atoms with Gasteiger partial charge in [0, 0.05) is 54.4 Å². The standard InChI is InChI=1S/C29H30N2O5/c1-30-23-8-6-5-7-21(23)26-27(29(33)36-4)24-15-22(28(26)30)19(11-14-25(32)35-3)17-31(24)16-18-9-12-20(34-2)13-10-18/h5-14,17,22,24,27H,15-16H2,1-4H3/b14-11+/t22-,24-,27-/m1/s1. The Hall–Kier alpha value is -4.00. The number of methoxy groups -OCH3 is 3. The third kappa shape index (κ3) is 3.94. The van der Waals surface area contributed by atoms with E-state index in [1.165, 1.54) is 20.3 Å². The summed E-state index contributed by atoms with van der Waals surface area (Å²) in [7, 11) is 6.52. The molecular formula is C29H30N2O5. The molecule has 36 heavy (non-hydrogen) atoms. The highest BCUT2D eigenvalue weighted by molar-refractivity contribution is 5.93. The van der Waals surface area contributed by atoms with Crippen LogP contribution in [0.5, 0.6) is 5.75 Å². The first-order valence-electron chi connectivity index (χ1n) is 12.0. The second-order valence-electron chi connectivity index (χ2n) is 9.24. The maximum absolute atomic E-state index is 13.3. The summed E-state index contributed by atoms with van der Waals surface area (Å²) in [5.41, 5.74) is 5.27. The molecule has 7 nitrogen and oxygen atoms in total. The molecule has 5 rings (SSSR count). The van der Waals surface area contributed by atoms with E-state index in [1.807, 2.05) is 49.5 Å². The Labute approximate surface area is 210 Å². The third-order valence-corrected chi connectivity index (χ3v) is 7.43. The monoisotopic (exact) mass is 486 g/mol. The Kier molecular flexibility index (Phi) is 6.31. The van der Waals surface area contributed by atoms with Crippen molar-refractivity contribution in [1.82, 2.24) is 9.47 Å². The zero-order chi connectivity index (χ0) is 25.4. The van der Waals surface area contributed by atoms with Crippen LogP contribution in [0.1, 0.15) is 35.1 Å². The molecular weight excluding hydrogens is 456 g/mol. The summed E-state index contributed by atoms with van der Waals surface area (Å²) < 4.78 is 17.7. The van der Waals surface area contributed by atoms with Crippen LogP contribution in [0.2, 0.25) is 0 Å². The van der Waals surface area contributed by atoms with Crippen molar-refractivity contribution in [1.29, 1.82) is 0 Å². The van der Waals surface area contributed by atoms with E-state index in [-0.39, 0.29) is 17.9 Å². The number of aryl methyl sites for hydroxylation is 1. The van der Waals surface area contributed by atoms with E-state index in [4.69, 9.17) is 14.2 Å². The van der Waals surface area contributed by atoms with Crippen molar-refractivity contribution in [2.24, 2.45) is 7.05 Å². The lowest BCUT2D eigenvalue weighted by atomic mass is 9.70. The van der Waals surface area contributed by atoms with E-state index in [1.54, 1.807) is 7.11 Å². The number of hydrogen-bond donors (Lipinski definition) is 0. The lowest BCUT2D eigenvalue weighted by Gasteiger charge is -2.46. The largest absolute Gasteiger partial charge is 0.497 e. The number of esters is 2. The Morgan fingerprint density at radius 2 is 1.78 bits per heavy atom. The molecule has 0 unspecified atom stereocenters. The highest BCUT2D eigenvalue weighted by atomic mass is 16.5. The molecule has 0 fully saturated rings. The minimum atomic E-state index is -0.437. The van der Waals surface area contributed by atoms with Crippen LogP contribution in [0, 0.1) is 0 Å². The molecule has 1 aliphatic carbocycles. The molecule has 2 aromatic carbocycles. The molecule has 1 aromatic heterocycles. The number of nitrogens with zero attached hydrogens (tertiary/aromatic N) is 2. The van der Waals surface area contributed by atoms with Crippen LogP contribution in [0.25, 0.3) is 10.9 Å². The average molecular weight is 487 g/mol. The van der Waals surface area contributed by atoms with Crippen molar-refractivity contribution in [3.8, 4) is 5.75 Å². The number of allylic oxidation sites excluding steroid dienone is 2. The first-order chi connectivity index (χ1) is 17.5. The van der Waals surface area contributed by atoms with Gasteiger partial charge in [0.2, 0.25) is 0 Å². The number of ether oxygens (including phenoxy) is 3. The minimum Gasteiger partial charge on any atom is -0.497 e. The maximum Gasteiger partial charge on any atom is 0.330 e. The van der Waals surface area contributed by atoms with Crippen LogP contribution in [0.3, 0.4) is 0 Å². The van der Waals surface area contributed by atoms with Gasteiger partial charge in [-0.25, -0.2) is 4.79 Å². The van der Waals surface area contributed by atoms with E-state index in [0.717, 1.165) is 45.5 Å². The van der Waals surface area contributed by atoms with Gasteiger partial charge in [-0.3, -0.25) is 4.79 Å². The van der Waals surface area contributed by atoms with E-state index in [2.05, 4.69) is 27.8 Å². The molecule has 0 saturated heterocycles. The highest BCUT2D eigenvalue weighted by Crippen LogP contribution is 2.51. The number of benzene rings is 2. The number of fused-ring (bicyclic) bond motifs is 6. The number of rotatable bonds is 6. The summed E-state index contributed by atoms with van der Waals surface area (Å²) in [4.78, 5) is 27.5. The van der Waals surface area contributed by atoms with Gasteiger partial charge in [-0.15, -0.1) is 0 Å². The maximum atomic E-state index is 13.3. The first-order valence-corrected chi connectivity index (χ1v) is 12.0. The molecule has 0 N–H and O–H groups in total. The molecule has 0 saturated carbocycles. The summed E-state index contributed by atoms with van der Waals surface area (Å²) in [5.74, 6) is -0.262. The summed E-state index contributed by atoms with van der Waals surface area (Å²) in [6, 6.07) is 16.0. The van der Waals surface area contributed by atoms with Crippen LogP contribution in [-0.4, -0.2) is 48.8 Å². The zero-order valence-electron chi connectivity index (χ0n) is 20.9. The van der Waals surface area contributed by atoms with Crippen molar-refractivity contribution < 1.29 is 23.8 Å². The number of aromatic nitrogens is 1. The van der Waals surface area contributed by atoms with Gasteiger partial charge >= 0.3 is 11.9 Å². The zero-order valence-corrected chi connectivity index (χ0v) is 20.9. The highest BCUT2D eigenvalue weighted by Gasteiger charge is 2.47. The van der Waals surface area contributed by atoms with Gasteiger partial charge in [-0.1, -0.05) is 30.3 Å². The van der Waals surface area contributed by atoms with Gasteiger partial charge in [0.05, 0.1) is 21.3 Å². The molecule has 3 aromatic rings. The Balaban J connectivity index is 1.67. The van der Waals surface area contributed by atoms with Crippen LogP contribution < -0.4 is 4.74 Å². The van der Waals surface area contributed by atoms with E-state index < -0.39 is 11.9 Å².